The van der Waals surface area contributed by atoms with Crippen LogP contribution in [0.3, 0.4) is 0 Å². The summed E-state index contributed by atoms with van der Waals surface area (Å²) in [4.78, 5) is 11.7. The van der Waals surface area contributed by atoms with E-state index in [-0.39, 0.29) is 23.6 Å². The third kappa shape index (κ3) is 7.63. The first kappa shape index (κ1) is 17.4. The minimum absolute atomic E-state index is 0.194. The molecule has 5 nitrogen and oxygen atoms in total. The molecule has 0 atom stereocenters. The first-order valence-electron chi connectivity index (χ1n) is 6.84. The largest absolute Gasteiger partial charge is 0.397 e. The Bertz CT molecular complexity index is 472. The lowest BCUT2D eigenvalue weighted by Crippen LogP contribution is -2.22. The quantitative estimate of drug-likeness (QED) is 0.599. The Kier molecular flexibility index (Phi) is 6.58. The molecule has 6 heteroatoms. The number of hydrogen-bond donors (Lipinski definition) is 2. The predicted molar refractivity (Wildman–Crippen MR) is 80.6 cm³/mol. The van der Waals surface area contributed by atoms with Crippen LogP contribution in [0, 0.1) is 5.82 Å². The van der Waals surface area contributed by atoms with Gasteiger partial charge in [0, 0.05) is 0 Å². The summed E-state index contributed by atoms with van der Waals surface area (Å²) in [6.07, 6.45) is 0.201. The maximum Gasteiger partial charge on any atom is 0.226 e. The summed E-state index contributed by atoms with van der Waals surface area (Å²) in [5.41, 5.74) is 6.01. The fraction of sp³-hybridized carbons (Fsp3) is 0.533. The van der Waals surface area contributed by atoms with Crippen LogP contribution in [0.2, 0.25) is 0 Å². The molecule has 3 N–H and O–H groups in total. The molecular weight excluding hydrogens is 275 g/mol. The molecule has 1 rings (SSSR count). The van der Waals surface area contributed by atoms with Gasteiger partial charge in [0.2, 0.25) is 5.91 Å². The molecule has 0 spiro atoms. The summed E-state index contributed by atoms with van der Waals surface area (Å²) in [6.45, 7) is 7.11. The van der Waals surface area contributed by atoms with Gasteiger partial charge in [0.25, 0.3) is 0 Å². The van der Waals surface area contributed by atoms with Crippen LogP contribution in [-0.4, -0.2) is 31.3 Å². The van der Waals surface area contributed by atoms with Crippen LogP contribution < -0.4 is 11.1 Å². The SMILES string of the molecule is CC(C)(C)OCCOCCC(=O)Nc1ccc(F)cc1N. The smallest absolute Gasteiger partial charge is 0.226 e. The van der Waals surface area contributed by atoms with Gasteiger partial charge in [-0.1, -0.05) is 0 Å². The van der Waals surface area contributed by atoms with E-state index in [1.54, 1.807) is 0 Å². The molecule has 0 unspecified atom stereocenters. The van der Waals surface area contributed by atoms with Crippen molar-refractivity contribution in [1.82, 2.24) is 0 Å². The van der Waals surface area contributed by atoms with E-state index in [0.29, 0.717) is 25.5 Å². The van der Waals surface area contributed by atoms with Crippen molar-refractivity contribution in [2.75, 3.05) is 30.9 Å². The maximum atomic E-state index is 12.9. The minimum atomic E-state index is -0.437. The number of nitrogen functional groups attached to an aromatic ring is 1. The number of rotatable bonds is 7. The normalized spacial score (nSPS) is 11.4. The monoisotopic (exact) mass is 298 g/mol. The maximum absolute atomic E-state index is 12.9. The van der Waals surface area contributed by atoms with Gasteiger partial charge in [-0.05, 0) is 39.0 Å². The van der Waals surface area contributed by atoms with Crippen molar-refractivity contribution in [3.63, 3.8) is 0 Å². The topological polar surface area (TPSA) is 73.6 Å². The Labute approximate surface area is 124 Å². The second-order valence-corrected chi connectivity index (χ2v) is 5.60. The number of nitrogens with one attached hydrogen (secondary N) is 1. The van der Waals surface area contributed by atoms with Gasteiger partial charge < -0.3 is 20.5 Å². The van der Waals surface area contributed by atoms with Gasteiger partial charge in [0.15, 0.2) is 0 Å². The molecule has 0 aromatic heterocycles. The van der Waals surface area contributed by atoms with E-state index in [0.717, 1.165) is 6.07 Å². The average molecular weight is 298 g/mol. The number of carbonyl (C=O) groups is 1. The van der Waals surface area contributed by atoms with Crippen molar-refractivity contribution < 1.29 is 18.7 Å². The first-order valence-corrected chi connectivity index (χ1v) is 6.84. The molecule has 1 amide bonds. The van der Waals surface area contributed by atoms with Crippen LogP contribution in [0.1, 0.15) is 27.2 Å². The van der Waals surface area contributed by atoms with E-state index >= 15 is 0 Å². The molecule has 1 aromatic rings. The average Bonchev–Trinajstić information content (AvgIpc) is 2.36. The Balaban J connectivity index is 2.20. The van der Waals surface area contributed by atoms with Crippen LogP contribution in [0.15, 0.2) is 18.2 Å². The second kappa shape index (κ2) is 7.95. The summed E-state index contributed by atoms with van der Waals surface area (Å²) in [5, 5.41) is 2.61. The summed E-state index contributed by atoms with van der Waals surface area (Å²) < 4.78 is 23.7. The molecule has 0 aliphatic heterocycles. The van der Waals surface area contributed by atoms with Crippen molar-refractivity contribution in [2.45, 2.75) is 32.8 Å². The van der Waals surface area contributed by atoms with Crippen molar-refractivity contribution in [1.29, 1.82) is 0 Å². The molecular formula is C15H23FN2O3. The number of carbonyl (C=O) groups excluding carboxylic acids is 1. The number of hydrogen-bond acceptors (Lipinski definition) is 4. The molecule has 0 fully saturated rings. The van der Waals surface area contributed by atoms with E-state index in [2.05, 4.69) is 5.32 Å². The molecule has 1 aromatic carbocycles. The van der Waals surface area contributed by atoms with Crippen LogP contribution in [-0.2, 0) is 14.3 Å². The lowest BCUT2D eigenvalue weighted by Gasteiger charge is -2.19. The highest BCUT2D eigenvalue weighted by Gasteiger charge is 2.09. The van der Waals surface area contributed by atoms with Gasteiger partial charge in [0.1, 0.15) is 5.82 Å². The van der Waals surface area contributed by atoms with Gasteiger partial charge in [-0.25, -0.2) is 4.39 Å². The zero-order valence-electron chi connectivity index (χ0n) is 12.7. The highest BCUT2D eigenvalue weighted by atomic mass is 19.1. The van der Waals surface area contributed by atoms with Gasteiger partial charge >= 0.3 is 0 Å². The van der Waals surface area contributed by atoms with E-state index in [1.807, 2.05) is 20.8 Å². The van der Waals surface area contributed by atoms with Crippen LogP contribution in [0.5, 0.6) is 0 Å². The Morgan fingerprint density at radius 1 is 1.29 bits per heavy atom. The summed E-state index contributed by atoms with van der Waals surface area (Å²) >= 11 is 0. The van der Waals surface area contributed by atoms with E-state index in [1.165, 1.54) is 12.1 Å². The number of benzene rings is 1. The third-order valence-corrected chi connectivity index (χ3v) is 2.52. The summed E-state index contributed by atoms with van der Waals surface area (Å²) in [5.74, 6) is -0.669. The van der Waals surface area contributed by atoms with E-state index in [4.69, 9.17) is 15.2 Å². The molecule has 0 heterocycles. The van der Waals surface area contributed by atoms with E-state index < -0.39 is 5.82 Å². The minimum Gasteiger partial charge on any atom is -0.397 e. The van der Waals surface area contributed by atoms with Gasteiger partial charge in [-0.15, -0.1) is 0 Å². The number of ether oxygens (including phenoxy) is 2. The standard InChI is InChI=1S/C15H23FN2O3/c1-15(2,3)21-9-8-20-7-6-14(19)18-13-5-4-11(16)10-12(13)17/h4-5,10H,6-9,17H2,1-3H3,(H,18,19). The molecule has 0 aliphatic rings. The molecule has 21 heavy (non-hydrogen) atoms. The Hall–Kier alpha value is -1.66. The predicted octanol–water partition coefficient (Wildman–Crippen LogP) is 2.57. The molecule has 0 bridgehead atoms. The highest BCUT2D eigenvalue weighted by Crippen LogP contribution is 2.19. The molecule has 0 saturated heterocycles. The Morgan fingerprint density at radius 2 is 2.00 bits per heavy atom. The third-order valence-electron chi connectivity index (χ3n) is 2.52. The lowest BCUT2D eigenvalue weighted by molar-refractivity contribution is -0.117. The lowest BCUT2D eigenvalue weighted by atomic mass is 10.2. The second-order valence-electron chi connectivity index (χ2n) is 5.60. The van der Waals surface area contributed by atoms with Gasteiger partial charge in [-0.2, -0.15) is 0 Å². The van der Waals surface area contributed by atoms with Crippen molar-refractivity contribution in [3.05, 3.63) is 24.0 Å². The van der Waals surface area contributed by atoms with E-state index in [9.17, 15) is 9.18 Å². The fourth-order valence-corrected chi connectivity index (χ4v) is 1.53. The first-order chi connectivity index (χ1) is 9.78. The van der Waals surface area contributed by atoms with Crippen molar-refractivity contribution in [2.24, 2.45) is 0 Å². The van der Waals surface area contributed by atoms with Crippen LogP contribution in [0.25, 0.3) is 0 Å². The summed E-state index contributed by atoms with van der Waals surface area (Å²) in [6, 6.07) is 3.84. The fourth-order valence-electron chi connectivity index (χ4n) is 1.53. The highest BCUT2D eigenvalue weighted by molar-refractivity contribution is 5.93. The van der Waals surface area contributed by atoms with Crippen molar-refractivity contribution in [3.8, 4) is 0 Å². The Morgan fingerprint density at radius 3 is 2.62 bits per heavy atom. The van der Waals surface area contributed by atoms with Gasteiger partial charge in [0.05, 0.1) is 43.2 Å². The van der Waals surface area contributed by atoms with Crippen LogP contribution >= 0.6 is 0 Å². The van der Waals surface area contributed by atoms with Gasteiger partial charge in [-0.3, -0.25) is 4.79 Å². The van der Waals surface area contributed by atoms with Crippen LogP contribution in [0.4, 0.5) is 15.8 Å². The molecule has 0 aliphatic carbocycles. The molecule has 0 radical (unpaired) electrons. The molecule has 118 valence electrons. The number of nitrogens with two attached hydrogens (primary N) is 1. The molecule has 0 saturated carbocycles. The van der Waals surface area contributed by atoms with Crippen molar-refractivity contribution >= 4 is 17.3 Å². The zero-order valence-corrected chi connectivity index (χ0v) is 12.7. The zero-order chi connectivity index (χ0) is 15.9. The number of amides is 1. The number of anilines is 2. The summed E-state index contributed by atoms with van der Waals surface area (Å²) in [7, 11) is 0. The number of halogens is 1.